The fourth-order valence-electron chi connectivity index (χ4n) is 8.50. The van der Waals surface area contributed by atoms with E-state index in [2.05, 4.69) is 191 Å². The van der Waals surface area contributed by atoms with Crippen molar-refractivity contribution in [3.05, 3.63) is 193 Å². The van der Waals surface area contributed by atoms with Gasteiger partial charge < -0.3 is 9.47 Å². The van der Waals surface area contributed by atoms with E-state index in [-0.39, 0.29) is 5.41 Å². The topological polar surface area (TPSA) is 8.17 Å². The van der Waals surface area contributed by atoms with Gasteiger partial charge in [-0.25, -0.2) is 0 Å². The van der Waals surface area contributed by atoms with Gasteiger partial charge in [-0.05, 0) is 78.1 Å². The smallest absolute Gasteiger partial charge is 0.0562 e. The number of rotatable bonds is 7. The second-order valence-electron chi connectivity index (χ2n) is 13.7. The fraction of sp³-hybridized carbons (Fsp3) is 0.125. The molecule has 8 aromatic rings. The largest absolute Gasteiger partial charge is 0.310 e. The van der Waals surface area contributed by atoms with E-state index in [1.54, 1.807) is 0 Å². The van der Waals surface area contributed by atoms with Crippen molar-refractivity contribution in [3.8, 4) is 16.8 Å². The van der Waals surface area contributed by atoms with Crippen LogP contribution in [0.2, 0.25) is 0 Å². The van der Waals surface area contributed by atoms with E-state index >= 15 is 0 Å². The van der Waals surface area contributed by atoms with Gasteiger partial charge in [0, 0.05) is 38.8 Å². The van der Waals surface area contributed by atoms with Gasteiger partial charge in [0.2, 0.25) is 0 Å². The molecular weight excluding hydrogens is 605 g/mol. The first kappa shape index (κ1) is 30.2. The summed E-state index contributed by atoms with van der Waals surface area (Å²) in [5, 5.41) is 2.50. The van der Waals surface area contributed by atoms with Crippen LogP contribution in [0.5, 0.6) is 0 Å². The maximum atomic E-state index is 2.45. The zero-order valence-electron chi connectivity index (χ0n) is 28.3. The lowest BCUT2D eigenvalue weighted by atomic mass is 9.65. The molecule has 7 aromatic carbocycles. The number of hydrogen-bond donors (Lipinski definition) is 0. The van der Waals surface area contributed by atoms with Gasteiger partial charge in [-0.1, -0.05) is 153 Å². The molecule has 1 aliphatic rings. The zero-order valence-corrected chi connectivity index (χ0v) is 28.3. The van der Waals surface area contributed by atoms with Gasteiger partial charge in [-0.15, -0.1) is 0 Å². The summed E-state index contributed by atoms with van der Waals surface area (Å²) in [7, 11) is 0. The minimum atomic E-state index is 0.0710. The number of aromatic nitrogens is 1. The second kappa shape index (κ2) is 12.9. The number of fused-ring (bicyclic) bond motifs is 3. The van der Waals surface area contributed by atoms with Crippen LogP contribution in [0.3, 0.4) is 0 Å². The average molecular weight is 645 g/mol. The van der Waals surface area contributed by atoms with Gasteiger partial charge in [-0.2, -0.15) is 0 Å². The Morgan fingerprint density at radius 1 is 0.420 bits per heavy atom. The summed E-state index contributed by atoms with van der Waals surface area (Å²) in [6.45, 7) is 0. The van der Waals surface area contributed by atoms with Crippen LogP contribution in [-0.2, 0) is 5.41 Å². The first-order chi connectivity index (χ1) is 24.8. The van der Waals surface area contributed by atoms with Crippen molar-refractivity contribution in [1.29, 1.82) is 0 Å². The maximum Gasteiger partial charge on any atom is 0.0562 e. The quantitative estimate of drug-likeness (QED) is 0.168. The fourth-order valence-corrected chi connectivity index (χ4v) is 8.50. The molecule has 0 aliphatic heterocycles. The molecule has 2 nitrogen and oxygen atoms in total. The van der Waals surface area contributed by atoms with E-state index in [0.29, 0.717) is 0 Å². The third-order valence-electron chi connectivity index (χ3n) is 10.9. The van der Waals surface area contributed by atoms with Crippen molar-refractivity contribution in [1.82, 2.24) is 4.57 Å². The normalized spacial score (nSPS) is 14.2. The molecule has 9 rings (SSSR count). The van der Waals surface area contributed by atoms with E-state index < -0.39 is 0 Å². The highest BCUT2D eigenvalue weighted by molar-refractivity contribution is 6.11. The lowest BCUT2D eigenvalue weighted by Gasteiger charge is -2.39. The van der Waals surface area contributed by atoms with Gasteiger partial charge >= 0.3 is 0 Å². The number of anilines is 3. The first-order valence-electron chi connectivity index (χ1n) is 18.0. The molecule has 1 saturated carbocycles. The van der Waals surface area contributed by atoms with Crippen LogP contribution in [0.4, 0.5) is 17.1 Å². The molecule has 0 bridgehead atoms. The molecule has 1 aromatic heterocycles. The van der Waals surface area contributed by atoms with E-state index in [1.165, 1.54) is 81.9 Å². The third-order valence-corrected chi connectivity index (χ3v) is 10.9. The van der Waals surface area contributed by atoms with Crippen molar-refractivity contribution in [2.75, 3.05) is 4.90 Å². The molecule has 1 heterocycles. The van der Waals surface area contributed by atoms with Gasteiger partial charge in [0.25, 0.3) is 0 Å². The number of nitrogens with zero attached hydrogens (tertiary/aromatic N) is 2. The van der Waals surface area contributed by atoms with Crippen LogP contribution >= 0.6 is 0 Å². The number of benzene rings is 7. The summed E-state index contributed by atoms with van der Waals surface area (Å²) in [6.07, 6.45) is 6.26. The minimum absolute atomic E-state index is 0.0710. The summed E-state index contributed by atoms with van der Waals surface area (Å²) < 4.78 is 2.45. The molecule has 0 spiro atoms. The van der Waals surface area contributed by atoms with Crippen LogP contribution in [0, 0.1) is 0 Å². The van der Waals surface area contributed by atoms with E-state index in [9.17, 15) is 0 Å². The Morgan fingerprint density at radius 2 is 0.980 bits per heavy atom. The molecule has 0 saturated heterocycles. The summed E-state index contributed by atoms with van der Waals surface area (Å²) in [4.78, 5) is 2.41. The van der Waals surface area contributed by atoms with Crippen LogP contribution in [0.1, 0.15) is 43.2 Å². The Kier molecular flexibility index (Phi) is 7.78. The van der Waals surface area contributed by atoms with Gasteiger partial charge in [0.15, 0.2) is 0 Å². The molecule has 0 unspecified atom stereocenters. The van der Waals surface area contributed by atoms with Crippen LogP contribution in [-0.4, -0.2) is 4.57 Å². The number of para-hydroxylation sites is 3. The standard InChI is InChI=1S/C48H40N2/c1-5-17-36(18-6-1)42-23-11-13-25-45(42)50-46-26-14-12-24-43(46)44-32-31-41(35-47(44)50)49(39-21-9-3-10-22-39)40-29-27-38(28-30-40)48(33-15-4-16-34-48)37-19-7-2-8-20-37/h1-3,5-14,17-32,35H,4,15-16,33-34H2. The Balaban J connectivity index is 1.21. The molecule has 242 valence electrons. The van der Waals surface area contributed by atoms with E-state index in [4.69, 9.17) is 0 Å². The molecule has 2 heteroatoms. The van der Waals surface area contributed by atoms with Crippen LogP contribution in [0.15, 0.2) is 182 Å². The Labute approximate surface area is 294 Å². The summed E-state index contributed by atoms with van der Waals surface area (Å²) in [5.74, 6) is 0. The van der Waals surface area contributed by atoms with Crippen molar-refractivity contribution in [2.24, 2.45) is 0 Å². The molecule has 0 atom stereocenters. The highest BCUT2D eigenvalue weighted by atomic mass is 15.1. The zero-order chi connectivity index (χ0) is 33.3. The van der Waals surface area contributed by atoms with Crippen molar-refractivity contribution < 1.29 is 0 Å². The monoisotopic (exact) mass is 644 g/mol. The van der Waals surface area contributed by atoms with Crippen molar-refractivity contribution >= 4 is 38.9 Å². The Morgan fingerprint density at radius 3 is 1.74 bits per heavy atom. The van der Waals surface area contributed by atoms with Crippen molar-refractivity contribution in [2.45, 2.75) is 37.5 Å². The van der Waals surface area contributed by atoms with Crippen LogP contribution < -0.4 is 4.90 Å². The van der Waals surface area contributed by atoms with E-state index in [0.717, 1.165) is 17.1 Å². The average Bonchev–Trinajstić information content (AvgIpc) is 3.53. The molecule has 0 radical (unpaired) electrons. The maximum absolute atomic E-state index is 2.45. The Hall–Kier alpha value is -5.86. The molecular formula is C48H40N2. The molecule has 1 fully saturated rings. The number of hydrogen-bond acceptors (Lipinski definition) is 1. The predicted octanol–water partition coefficient (Wildman–Crippen LogP) is 13.2. The van der Waals surface area contributed by atoms with Gasteiger partial charge in [-0.3, -0.25) is 0 Å². The minimum Gasteiger partial charge on any atom is -0.310 e. The summed E-state index contributed by atoms with van der Waals surface area (Å²) in [5.41, 5.74) is 12.4. The SMILES string of the molecule is c1ccc(-c2ccccc2-n2c3ccccc3c3ccc(N(c4ccccc4)c4ccc(C5(c6ccccc6)CCCCC5)cc4)cc32)cc1. The summed E-state index contributed by atoms with van der Waals surface area (Å²) in [6, 6.07) is 66.8. The molecule has 0 amide bonds. The molecule has 50 heavy (non-hydrogen) atoms. The van der Waals surface area contributed by atoms with Crippen molar-refractivity contribution in [3.63, 3.8) is 0 Å². The highest BCUT2D eigenvalue weighted by Crippen LogP contribution is 2.46. The highest BCUT2D eigenvalue weighted by Gasteiger charge is 2.35. The Bertz CT molecular complexity index is 2380. The molecule has 0 N–H and O–H groups in total. The lowest BCUT2D eigenvalue weighted by molar-refractivity contribution is 0.346. The summed E-state index contributed by atoms with van der Waals surface area (Å²) >= 11 is 0. The van der Waals surface area contributed by atoms with Crippen LogP contribution in [0.25, 0.3) is 38.6 Å². The predicted molar refractivity (Wildman–Crippen MR) is 211 cm³/mol. The lowest BCUT2D eigenvalue weighted by Crippen LogP contribution is -2.30. The molecule has 1 aliphatic carbocycles. The first-order valence-corrected chi connectivity index (χ1v) is 18.0. The third kappa shape index (κ3) is 5.20. The second-order valence-corrected chi connectivity index (χ2v) is 13.7. The van der Waals surface area contributed by atoms with Gasteiger partial charge in [0.05, 0.1) is 16.7 Å². The van der Waals surface area contributed by atoms with E-state index in [1.807, 2.05) is 0 Å². The van der Waals surface area contributed by atoms with Gasteiger partial charge in [0.1, 0.15) is 0 Å².